The van der Waals surface area contributed by atoms with Gasteiger partial charge in [0.1, 0.15) is 0 Å². The van der Waals surface area contributed by atoms with E-state index in [1.807, 2.05) is 60.7 Å². The summed E-state index contributed by atoms with van der Waals surface area (Å²) in [5, 5.41) is 0. The normalized spacial score (nSPS) is 17.2. The molecule has 0 N–H and O–H groups in total. The van der Waals surface area contributed by atoms with Gasteiger partial charge in [-0.2, -0.15) is 0 Å². The van der Waals surface area contributed by atoms with Crippen LogP contribution in [0.4, 0.5) is 0 Å². The number of ketones is 1. The maximum atomic E-state index is 11.8. The second-order valence-corrected chi connectivity index (χ2v) is 7.04. The molecule has 2 heteroatoms. The number of benzene rings is 2. The van der Waals surface area contributed by atoms with Gasteiger partial charge in [-0.1, -0.05) is 107 Å². The van der Waals surface area contributed by atoms with Crippen molar-refractivity contribution in [2.45, 2.75) is 58.5 Å². The van der Waals surface area contributed by atoms with E-state index in [2.05, 4.69) is 13.8 Å². The summed E-state index contributed by atoms with van der Waals surface area (Å²) in [5.74, 6) is 1.22. The number of hydrogen-bond donors (Lipinski definition) is 0. The lowest BCUT2D eigenvalue weighted by Crippen LogP contribution is -1.99. The van der Waals surface area contributed by atoms with Gasteiger partial charge in [0.05, 0.1) is 12.7 Å². The molecule has 0 spiro atoms. The van der Waals surface area contributed by atoms with Crippen LogP contribution in [-0.2, 0) is 4.74 Å². The highest BCUT2D eigenvalue weighted by Crippen LogP contribution is 2.32. The van der Waals surface area contributed by atoms with Gasteiger partial charge in [0.15, 0.2) is 5.78 Å². The zero-order chi connectivity index (χ0) is 18.6. The maximum Gasteiger partial charge on any atom is 0.193 e. The van der Waals surface area contributed by atoms with E-state index < -0.39 is 0 Å². The molecule has 0 aromatic heterocycles. The van der Waals surface area contributed by atoms with Gasteiger partial charge in [-0.05, 0) is 12.3 Å². The highest BCUT2D eigenvalue weighted by atomic mass is 16.6. The van der Waals surface area contributed by atoms with E-state index in [-0.39, 0.29) is 5.78 Å². The number of hydrogen-bond acceptors (Lipinski definition) is 2. The summed E-state index contributed by atoms with van der Waals surface area (Å²) in [7, 11) is 0. The van der Waals surface area contributed by atoms with E-state index >= 15 is 0 Å². The van der Waals surface area contributed by atoms with Crippen molar-refractivity contribution in [1.29, 1.82) is 0 Å². The average Bonchev–Trinajstić information content (AvgIpc) is 3.61. The number of ether oxygens (including phenoxy) is 1. The molecule has 0 amide bonds. The van der Waals surface area contributed by atoms with Crippen molar-refractivity contribution < 1.29 is 9.53 Å². The molecule has 0 radical (unpaired) electrons. The number of rotatable bonds is 6. The summed E-state index contributed by atoms with van der Waals surface area (Å²) >= 11 is 0. The third-order valence-electron chi connectivity index (χ3n) is 4.48. The summed E-state index contributed by atoms with van der Waals surface area (Å²) in [6.45, 7) is 5.47. The van der Waals surface area contributed by atoms with Crippen LogP contribution in [0.25, 0.3) is 0 Å². The van der Waals surface area contributed by atoms with E-state index in [0.29, 0.717) is 6.10 Å². The zero-order valence-electron chi connectivity index (χ0n) is 16.2. The molecule has 140 valence electrons. The molecule has 0 bridgehead atoms. The highest BCUT2D eigenvalue weighted by Gasteiger charge is 2.20. The fourth-order valence-electron chi connectivity index (χ4n) is 2.72. The van der Waals surface area contributed by atoms with Gasteiger partial charge in [0.25, 0.3) is 0 Å². The Balaban J connectivity index is 0.000000166. The molecule has 2 nitrogen and oxygen atoms in total. The van der Waals surface area contributed by atoms with Crippen molar-refractivity contribution in [3.63, 3.8) is 0 Å². The van der Waals surface area contributed by atoms with Crippen molar-refractivity contribution in [2.75, 3.05) is 6.61 Å². The lowest BCUT2D eigenvalue weighted by Gasteiger charge is -1.99. The maximum absolute atomic E-state index is 11.8. The summed E-state index contributed by atoms with van der Waals surface area (Å²) in [4.78, 5) is 11.8. The van der Waals surface area contributed by atoms with Crippen LogP contribution < -0.4 is 0 Å². The summed E-state index contributed by atoms with van der Waals surface area (Å²) in [6.07, 6.45) is 9.10. The van der Waals surface area contributed by atoms with Crippen molar-refractivity contribution in [1.82, 2.24) is 0 Å². The Morgan fingerprint density at radius 1 is 0.846 bits per heavy atom. The molecular formula is C24H32O2. The van der Waals surface area contributed by atoms with Crippen LogP contribution in [0.2, 0.25) is 0 Å². The summed E-state index contributed by atoms with van der Waals surface area (Å²) in [6, 6.07) is 18.6. The third kappa shape index (κ3) is 8.44. The topological polar surface area (TPSA) is 29.6 Å². The SMILES string of the molecule is CCCC1CC1.CCCC1CO1.O=C(c1ccccc1)c1ccccc1. The molecule has 1 aliphatic heterocycles. The molecule has 1 aliphatic carbocycles. The molecule has 2 aliphatic rings. The summed E-state index contributed by atoms with van der Waals surface area (Å²) in [5.41, 5.74) is 1.47. The Kier molecular flexibility index (Phi) is 9.13. The Morgan fingerprint density at radius 3 is 1.58 bits per heavy atom. The second kappa shape index (κ2) is 11.6. The summed E-state index contributed by atoms with van der Waals surface area (Å²) < 4.78 is 4.95. The number of epoxide rings is 1. The molecular weight excluding hydrogens is 320 g/mol. The lowest BCUT2D eigenvalue weighted by atomic mass is 10.0. The lowest BCUT2D eigenvalue weighted by molar-refractivity contribution is 0.103. The minimum absolute atomic E-state index is 0.0752. The van der Waals surface area contributed by atoms with E-state index in [1.165, 1.54) is 38.5 Å². The van der Waals surface area contributed by atoms with E-state index in [1.54, 1.807) is 0 Å². The molecule has 1 saturated carbocycles. The third-order valence-corrected chi connectivity index (χ3v) is 4.48. The first-order chi connectivity index (χ1) is 12.7. The van der Waals surface area contributed by atoms with Crippen molar-refractivity contribution in [3.05, 3.63) is 71.8 Å². The van der Waals surface area contributed by atoms with Crippen LogP contribution in [0.15, 0.2) is 60.7 Å². The van der Waals surface area contributed by atoms with Crippen LogP contribution >= 0.6 is 0 Å². The molecule has 26 heavy (non-hydrogen) atoms. The molecule has 2 fully saturated rings. The van der Waals surface area contributed by atoms with Crippen LogP contribution in [0.1, 0.15) is 68.3 Å². The second-order valence-electron chi connectivity index (χ2n) is 7.04. The minimum Gasteiger partial charge on any atom is -0.373 e. The molecule has 2 aromatic carbocycles. The molecule has 1 saturated heterocycles. The first-order valence-electron chi connectivity index (χ1n) is 10.0. The van der Waals surface area contributed by atoms with Gasteiger partial charge in [-0.15, -0.1) is 0 Å². The van der Waals surface area contributed by atoms with E-state index in [4.69, 9.17) is 4.74 Å². The van der Waals surface area contributed by atoms with Gasteiger partial charge < -0.3 is 4.74 Å². The van der Waals surface area contributed by atoms with Crippen molar-refractivity contribution >= 4 is 5.78 Å². The van der Waals surface area contributed by atoms with Crippen molar-refractivity contribution in [3.8, 4) is 0 Å². The first kappa shape index (κ1) is 20.4. The fourth-order valence-corrected chi connectivity index (χ4v) is 2.72. The van der Waals surface area contributed by atoms with E-state index in [9.17, 15) is 4.79 Å². The number of carbonyl (C=O) groups is 1. The van der Waals surface area contributed by atoms with Gasteiger partial charge in [0.2, 0.25) is 0 Å². The van der Waals surface area contributed by atoms with E-state index in [0.717, 1.165) is 23.7 Å². The number of carbonyl (C=O) groups excluding carboxylic acids is 1. The Morgan fingerprint density at radius 2 is 1.31 bits per heavy atom. The average molecular weight is 353 g/mol. The predicted molar refractivity (Wildman–Crippen MR) is 109 cm³/mol. The molecule has 1 heterocycles. The molecule has 2 aromatic rings. The van der Waals surface area contributed by atoms with Crippen LogP contribution in [0.5, 0.6) is 0 Å². The van der Waals surface area contributed by atoms with Gasteiger partial charge >= 0.3 is 0 Å². The zero-order valence-corrected chi connectivity index (χ0v) is 16.2. The van der Waals surface area contributed by atoms with Crippen molar-refractivity contribution in [2.24, 2.45) is 5.92 Å². The fraction of sp³-hybridized carbons (Fsp3) is 0.458. The quantitative estimate of drug-likeness (QED) is 0.451. The predicted octanol–water partition coefficient (Wildman–Crippen LogP) is 6.30. The molecule has 1 atom stereocenters. The Labute approximate surface area is 158 Å². The molecule has 1 unspecified atom stereocenters. The van der Waals surface area contributed by atoms with Crippen LogP contribution in [0, 0.1) is 5.92 Å². The van der Waals surface area contributed by atoms with Gasteiger partial charge in [0, 0.05) is 11.1 Å². The minimum atomic E-state index is 0.0752. The standard InChI is InChI=1S/C13H10O.C6H12.C5H10O/c14-13(11-7-3-1-4-8-11)12-9-5-2-6-10-12;1-2-3-6-4-5-6;1-2-3-5-4-6-5/h1-10H;6H,2-5H2,1H3;5H,2-4H2,1H3. The van der Waals surface area contributed by atoms with Crippen LogP contribution in [-0.4, -0.2) is 18.5 Å². The van der Waals surface area contributed by atoms with Gasteiger partial charge in [-0.3, -0.25) is 4.79 Å². The molecule has 4 rings (SSSR count). The Hall–Kier alpha value is -1.93. The highest BCUT2D eigenvalue weighted by molar-refractivity contribution is 6.08. The van der Waals surface area contributed by atoms with Gasteiger partial charge in [-0.25, -0.2) is 0 Å². The van der Waals surface area contributed by atoms with Crippen LogP contribution in [0.3, 0.4) is 0 Å². The Bertz CT molecular complexity index is 558. The smallest absolute Gasteiger partial charge is 0.193 e. The monoisotopic (exact) mass is 352 g/mol. The largest absolute Gasteiger partial charge is 0.373 e. The first-order valence-corrected chi connectivity index (χ1v) is 10.0.